The Hall–Kier alpha value is -0.940. The van der Waals surface area contributed by atoms with Crippen LogP contribution in [0.2, 0.25) is 0 Å². The van der Waals surface area contributed by atoms with E-state index in [2.05, 4.69) is 4.98 Å². The number of esters is 1. The minimum absolute atomic E-state index is 0.335. The number of aromatic nitrogens is 1. The van der Waals surface area contributed by atoms with Crippen molar-refractivity contribution in [1.29, 1.82) is 0 Å². The molecule has 0 unspecified atom stereocenters. The molecule has 0 aliphatic rings. The van der Waals surface area contributed by atoms with Crippen LogP contribution >= 0.6 is 11.3 Å². The number of thiazole rings is 1. The molecule has 1 atom stereocenters. The molecule has 1 rings (SSSR count). The van der Waals surface area contributed by atoms with E-state index in [1.807, 2.05) is 12.3 Å². The SMILES string of the molecule is CCOC(=O)[C@](C)(OC)c1nc(C)cs1. The smallest absolute Gasteiger partial charge is 0.345 e. The highest BCUT2D eigenvalue weighted by molar-refractivity contribution is 7.10. The number of hydrogen-bond acceptors (Lipinski definition) is 5. The van der Waals surface area contributed by atoms with E-state index in [9.17, 15) is 4.79 Å². The van der Waals surface area contributed by atoms with E-state index in [1.165, 1.54) is 18.4 Å². The Bertz CT molecular complexity index is 350. The summed E-state index contributed by atoms with van der Waals surface area (Å²) < 4.78 is 10.2. The van der Waals surface area contributed by atoms with Crippen LogP contribution < -0.4 is 0 Å². The van der Waals surface area contributed by atoms with Gasteiger partial charge in [0.05, 0.1) is 6.61 Å². The number of hydrogen-bond donors (Lipinski definition) is 0. The van der Waals surface area contributed by atoms with Crippen LogP contribution in [-0.2, 0) is 19.9 Å². The van der Waals surface area contributed by atoms with E-state index in [4.69, 9.17) is 9.47 Å². The van der Waals surface area contributed by atoms with Crippen molar-refractivity contribution in [3.63, 3.8) is 0 Å². The summed E-state index contributed by atoms with van der Waals surface area (Å²) in [6, 6.07) is 0. The van der Waals surface area contributed by atoms with Crippen molar-refractivity contribution in [3.05, 3.63) is 16.1 Å². The van der Waals surface area contributed by atoms with E-state index in [0.29, 0.717) is 11.6 Å². The van der Waals surface area contributed by atoms with E-state index < -0.39 is 11.6 Å². The van der Waals surface area contributed by atoms with Crippen LogP contribution in [0.1, 0.15) is 24.5 Å². The van der Waals surface area contributed by atoms with Gasteiger partial charge in [0.1, 0.15) is 5.01 Å². The van der Waals surface area contributed by atoms with E-state index in [-0.39, 0.29) is 0 Å². The summed E-state index contributed by atoms with van der Waals surface area (Å²) in [7, 11) is 1.48. The fourth-order valence-corrected chi connectivity index (χ4v) is 2.02. The number of rotatable bonds is 4. The van der Waals surface area contributed by atoms with Crippen LogP contribution in [0.5, 0.6) is 0 Å². The summed E-state index contributed by atoms with van der Waals surface area (Å²) in [5.41, 5.74) is -0.211. The molecule has 1 aromatic heterocycles. The zero-order valence-electron chi connectivity index (χ0n) is 9.36. The molecule has 0 amide bonds. The molecule has 0 fully saturated rings. The lowest BCUT2D eigenvalue weighted by Crippen LogP contribution is -2.36. The molecule has 0 spiro atoms. The lowest BCUT2D eigenvalue weighted by molar-refractivity contribution is -0.168. The van der Waals surface area contributed by atoms with Crippen LogP contribution in [0.3, 0.4) is 0 Å². The van der Waals surface area contributed by atoms with Gasteiger partial charge in [0.2, 0.25) is 5.60 Å². The van der Waals surface area contributed by atoms with Crippen LogP contribution in [0.4, 0.5) is 0 Å². The quantitative estimate of drug-likeness (QED) is 0.740. The predicted molar refractivity (Wildman–Crippen MR) is 57.8 cm³/mol. The van der Waals surface area contributed by atoms with Gasteiger partial charge in [0, 0.05) is 18.2 Å². The van der Waals surface area contributed by atoms with Crippen LogP contribution in [0, 0.1) is 6.92 Å². The molecule has 0 saturated heterocycles. The third kappa shape index (κ3) is 2.35. The molecule has 0 N–H and O–H groups in total. The van der Waals surface area contributed by atoms with E-state index >= 15 is 0 Å². The van der Waals surface area contributed by atoms with Crippen LogP contribution in [0.15, 0.2) is 5.38 Å². The lowest BCUT2D eigenvalue weighted by atomic mass is 10.1. The molecule has 4 nitrogen and oxygen atoms in total. The molecule has 0 bridgehead atoms. The molecule has 0 aliphatic heterocycles. The molecule has 0 saturated carbocycles. The fraction of sp³-hybridized carbons (Fsp3) is 0.600. The van der Waals surface area contributed by atoms with Gasteiger partial charge in [-0.3, -0.25) is 0 Å². The van der Waals surface area contributed by atoms with Crippen LogP contribution in [-0.4, -0.2) is 24.7 Å². The Labute approximate surface area is 93.2 Å². The Morgan fingerprint density at radius 1 is 1.67 bits per heavy atom. The van der Waals surface area contributed by atoms with Gasteiger partial charge in [0.15, 0.2) is 0 Å². The maximum atomic E-state index is 11.7. The van der Waals surface area contributed by atoms with Crippen molar-refractivity contribution in [2.75, 3.05) is 13.7 Å². The predicted octanol–water partition coefficient (Wildman–Crippen LogP) is 1.88. The number of aryl methyl sites for hydroxylation is 1. The third-order valence-corrected chi connectivity index (χ3v) is 3.26. The Balaban J connectivity index is 2.99. The Morgan fingerprint density at radius 2 is 2.33 bits per heavy atom. The number of nitrogens with zero attached hydrogens (tertiary/aromatic N) is 1. The van der Waals surface area contributed by atoms with Gasteiger partial charge in [0.25, 0.3) is 0 Å². The minimum Gasteiger partial charge on any atom is -0.464 e. The first-order valence-electron chi connectivity index (χ1n) is 4.69. The highest BCUT2D eigenvalue weighted by Crippen LogP contribution is 2.28. The second-order valence-electron chi connectivity index (χ2n) is 3.25. The van der Waals surface area contributed by atoms with Crippen molar-refractivity contribution in [3.8, 4) is 0 Å². The van der Waals surface area contributed by atoms with Gasteiger partial charge in [-0.05, 0) is 20.8 Å². The average molecular weight is 229 g/mol. The Morgan fingerprint density at radius 3 is 2.73 bits per heavy atom. The van der Waals surface area contributed by atoms with E-state index in [1.54, 1.807) is 13.8 Å². The topological polar surface area (TPSA) is 48.4 Å². The molecular formula is C10H15NO3S. The minimum atomic E-state index is -1.09. The number of carbonyl (C=O) groups is 1. The monoisotopic (exact) mass is 229 g/mol. The van der Waals surface area contributed by atoms with Gasteiger partial charge in [-0.1, -0.05) is 0 Å². The summed E-state index contributed by atoms with van der Waals surface area (Å²) in [5, 5.41) is 2.51. The molecule has 0 aliphatic carbocycles. The van der Waals surface area contributed by atoms with Gasteiger partial charge in [-0.2, -0.15) is 0 Å². The first-order chi connectivity index (χ1) is 7.04. The second kappa shape index (κ2) is 4.72. The first kappa shape index (κ1) is 12.1. The van der Waals surface area contributed by atoms with E-state index in [0.717, 1.165) is 5.69 Å². The zero-order chi connectivity index (χ0) is 11.5. The molecular weight excluding hydrogens is 214 g/mol. The first-order valence-corrected chi connectivity index (χ1v) is 5.57. The van der Waals surface area contributed by atoms with Crippen LogP contribution in [0.25, 0.3) is 0 Å². The van der Waals surface area contributed by atoms with Gasteiger partial charge < -0.3 is 9.47 Å². The molecule has 0 aromatic carbocycles. The summed E-state index contributed by atoms with van der Waals surface area (Å²) >= 11 is 1.40. The van der Waals surface area contributed by atoms with Crippen molar-refractivity contribution in [2.24, 2.45) is 0 Å². The highest BCUT2D eigenvalue weighted by atomic mass is 32.1. The van der Waals surface area contributed by atoms with Crippen molar-refractivity contribution in [1.82, 2.24) is 4.98 Å². The summed E-state index contributed by atoms with van der Waals surface area (Å²) in [6.45, 7) is 5.65. The van der Waals surface area contributed by atoms with Crippen molar-refractivity contribution >= 4 is 17.3 Å². The molecule has 0 radical (unpaired) electrons. The summed E-state index contributed by atoms with van der Waals surface area (Å²) in [4.78, 5) is 16.0. The average Bonchev–Trinajstić information content (AvgIpc) is 2.64. The van der Waals surface area contributed by atoms with Gasteiger partial charge in [-0.25, -0.2) is 9.78 Å². The summed E-state index contributed by atoms with van der Waals surface area (Å²) in [6.07, 6.45) is 0. The number of methoxy groups -OCH3 is 1. The molecule has 15 heavy (non-hydrogen) atoms. The molecule has 1 heterocycles. The maximum Gasteiger partial charge on any atom is 0.345 e. The lowest BCUT2D eigenvalue weighted by Gasteiger charge is -2.22. The zero-order valence-corrected chi connectivity index (χ0v) is 10.2. The molecule has 5 heteroatoms. The van der Waals surface area contributed by atoms with Crippen molar-refractivity contribution in [2.45, 2.75) is 26.4 Å². The third-order valence-electron chi connectivity index (χ3n) is 2.10. The number of carbonyl (C=O) groups excluding carboxylic acids is 1. The normalized spacial score (nSPS) is 14.7. The largest absolute Gasteiger partial charge is 0.464 e. The second-order valence-corrected chi connectivity index (χ2v) is 4.11. The maximum absolute atomic E-state index is 11.7. The Kier molecular flexibility index (Phi) is 3.82. The fourth-order valence-electron chi connectivity index (χ4n) is 1.10. The molecule has 1 aromatic rings. The van der Waals surface area contributed by atoms with Gasteiger partial charge in [-0.15, -0.1) is 11.3 Å². The standard InChI is InChI=1S/C10H15NO3S/c1-5-14-9(12)10(3,13-4)8-11-7(2)6-15-8/h6H,5H2,1-4H3/t10-/m1/s1. The molecule has 84 valence electrons. The summed E-state index contributed by atoms with van der Waals surface area (Å²) in [5.74, 6) is -0.401. The van der Waals surface area contributed by atoms with Gasteiger partial charge >= 0.3 is 5.97 Å². The number of ether oxygens (including phenoxy) is 2. The highest BCUT2D eigenvalue weighted by Gasteiger charge is 2.39. The van der Waals surface area contributed by atoms with Crippen molar-refractivity contribution < 1.29 is 14.3 Å².